The van der Waals surface area contributed by atoms with Gasteiger partial charge in [-0.3, -0.25) is 9.69 Å². The summed E-state index contributed by atoms with van der Waals surface area (Å²) in [4.78, 5) is 14.8. The molecule has 158 valence electrons. The van der Waals surface area contributed by atoms with Gasteiger partial charge in [0.1, 0.15) is 5.75 Å². The van der Waals surface area contributed by atoms with Gasteiger partial charge in [0.2, 0.25) is 0 Å². The zero-order valence-electron chi connectivity index (χ0n) is 16.6. The lowest BCUT2D eigenvalue weighted by Crippen LogP contribution is -2.31. The number of hydrogen-bond donors (Lipinski definition) is 0. The zero-order chi connectivity index (χ0) is 21.6. The van der Waals surface area contributed by atoms with Gasteiger partial charge >= 0.3 is 0 Å². The van der Waals surface area contributed by atoms with Gasteiger partial charge in [-0.1, -0.05) is 30.3 Å². The number of carbonyl (C=O) groups excluding carboxylic acids is 1. The molecule has 0 bridgehead atoms. The Balaban J connectivity index is 1.93. The van der Waals surface area contributed by atoms with Crippen LogP contribution in [0.3, 0.4) is 0 Å². The van der Waals surface area contributed by atoms with Crippen LogP contribution in [0, 0.1) is 0 Å². The van der Waals surface area contributed by atoms with E-state index in [1.54, 1.807) is 50.6 Å². The average molecular weight is 447 g/mol. The van der Waals surface area contributed by atoms with E-state index in [1.807, 2.05) is 12.1 Å². The van der Waals surface area contributed by atoms with Crippen molar-refractivity contribution in [2.45, 2.75) is 11.3 Å². The van der Waals surface area contributed by atoms with Crippen molar-refractivity contribution in [1.29, 1.82) is 0 Å². The molecule has 1 aliphatic heterocycles. The summed E-state index contributed by atoms with van der Waals surface area (Å²) in [5, 5.41) is 0.139. The first-order chi connectivity index (χ1) is 14.4. The largest absolute Gasteiger partial charge is 0.497 e. The maximum absolute atomic E-state index is 13.0. The number of ether oxygens (including phenoxy) is 2. The first-order valence-corrected chi connectivity index (χ1v) is 11.4. The normalized spacial score (nSPS) is 17.1. The molecule has 1 fully saturated rings. The molecular formula is C21H22N2O5S2. The summed E-state index contributed by atoms with van der Waals surface area (Å²) >= 11 is 1.05. The van der Waals surface area contributed by atoms with Gasteiger partial charge in [0, 0.05) is 20.3 Å². The molecule has 0 aromatic heterocycles. The molecule has 0 saturated carbocycles. The Labute approximate surface area is 180 Å². The van der Waals surface area contributed by atoms with Crippen LogP contribution in [-0.2, 0) is 19.6 Å². The molecule has 0 atom stereocenters. The average Bonchev–Trinajstić information content (AvgIpc) is 3.03. The van der Waals surface area contributed by atoms with E-state index in [0.29, 0.717) is 30.2 Å². The molecule has 0 unspecified atom stereocenters. The van der Waals surface area contributed by atoms with Crippen LogP contribution in [0.5, 0.6) is 5.75 Å². The molecule has 1 aliphatic rings. The number of carbonyl (C=O) groups is 1. The summed E-state index contributed by atoms with van der Waals surface area (Å²) in [5.74, 6) is 0.425. The lowest BCUT2D eigenvalue weighted by atomic mass is 10.2. The predicted molar refractivity (Wildman–Crippen MR) is 118 cm³/mol. The minimum atomic E-state index is -3.94. The summed E-state index contributed by atoms with van der Waals surface area (Å²) in [7, 11) is -0.783. The van der Waals surface area contributed by atoms with E-state index in [0.717, 1.165) is 17.3 Å². The van der Waals surface area contributed by atoms with Crippen LogP contribution >= 0.6 is 11.8 Å². The molecule has 9 heteroatoms. The zero-order valence-corrected chi connectivity index (χ0v) is 18.3. The number of hydrogen-bond acceptors (Lipinski definition) is 6. The van der Waals surface area contributed by atoms with Crippen molar-refractivity contribution >= 4 is 38.9 Å². The van der Waals surface area contributed by atoms with Crippen molar-refractivity contribution < 1.29 is 22.7 Å². The van der Waals surface area contributed by atoms with E-state index in [4.69, 9.17) is 9.47 Å². The van der Waals surface area contributed by atoms with Gasteiger partial charge < -0.3 is 9.47 Å². The Kier molecular flexibility index (Phi) is 7.30. The molecule has 0 aliphatic carbocycles. The minimum Gasteiger partial charge on any atom is -0.497 e. The second-order valence-corrected chi connectivity index (χ2v) is 8.96. The highest BCUT2D eigenvalue weighted by molar-refractivity contribution is 8.19. The fourth-order valence-electron chi connectivity index (χ4n) is 2.74. The number of amides is 1. The molecular weight excluding hydrogens is 424 g/mol. The van der Waals surface area contributed by atoms with Gasteiger partial charge in [-0.25, -0.2) is 0 Å². The molecule has 0 radical (unpaired) electrons. The first kappa shape index (κ1) is 22.1. The lowest BCUT2D eigenvalue weighted by Gasteiger charge is -2.15. The molecule has 3 rings (SSSR count). The Hall–Kier alpha value is -2.62. The second kappa shape index (κ2) is 9.92. The maximum Gasteiger partial charge on any atom is 0.284 e. The van der Waals surface area contributed by atoms with Crippen LogP contribution in [0.2, 0.25) is 0 Å². The number of methoxy groups -OCH3 is 2. The van der Waals surface area contributed by atoms with Gasteiger partial charge in [-0.15, -0.1) is 4.40 Å². The van der Waals surface area contributed by atoms with E-state index >= 15 is 0 Å². The van der Waals surface area contributed by atoms with Crippen molar-refractivity contribution in [3.63, 3.8) is 0 Å². The summed E-state index contributed by atoms with van der Waals surface area (Å²) in [5.41, 5.74) is 0.802. The third-order valence-corrected chi connectivity index (χ3v) is 6.67. The quantitative estimate of drug-likeness (QED) is 0.456. The fraction of sp³-hybridized carbons (Fsp3) is 0.238. The summed E-state index contributed by atoms with van der Waals surface area (Å²) in [6.07, 6.45) is 2.27. The monoisotopic (exact) mass is 446 g/mol. The summed E-state index contributed by atoms with van der Waals surface area (Å²) < 4.78 is 39.6. The van der Waals surface area contributed by atoms with Gasteiger partial charge in [-0.05, 0) is 54.1 Å². The maximum atomic E-state index is 13.0. The van der Waals surface area contributed by atoms with E-state index < -0.39 is 10.0 Å². The third kappa shape index (κ3) is 5.29. The number of sulfonamides is 1. The molecule has 2 aromatic rings. The fourth-order valence-corrected chi connectivity index (χ4v) is 4.97. The van der Waals surface area contributed by atoms with Crippen LogP contribution < -0.4 is 4.74 Å². The number of benzene rings is 2. The number of thioether (sulfide) groups is 1. The summed E-state index contributed by atoms with van der Waals surface area (Å²) in [6.45, 7) is 0.757. The van der Waals surface area contributed by atoms with Crippen LogP contribution in [-0.4, -0.2) is 51.8 Å². The van der Waals surface area contributed by atoms with E-state index in [-0.39, 0.29) is 16.0 Å². The summed E-state index contributed by atoms with van der Waals surface area (Å²) in [6, 6.07) is 15.2. The molecule has 7 nitrogen and oxygen atoms in total. The highest BCUT2D eigenvalue weighted by Crippen LogP contribution is 2.34. The Morgan fingerprint density at radius 2 is 1.77 bits per heavy atom. The molecule has 1 saturated heterocycles. The number of nitrogens with zero attached hydrogens (tertiary/aromatic N) is 2. The van der Waals surface area contributed by atoms with Crippen LogP contribution in [0.15, 0.2) is 68.8 Å². The highest BCUT2D eigenvalue weighted by Gasteiger charge is 2.34. The molecule has 1 heterocycles. The van der Waals surface area contributed by atoms with Crippen LogP contribution in [0.25, 0.3) is 6.08 Å². The molecule has 30 heavy (non-hydrogen) atoms. The van der Waals surface area contributed by atoms with Crippen molar-refractivity contribution in [2.24, 2.45) is 4.40 Å². The van der Waals surface area contributed by atoms with Crippen molar-refractivity contribution in [3.05, 3.63) is 65.1 Å². The van der Waals surface area contributed by atoms with Crippen molar-refractivity contribution in [1.82, 2.24) is 4.90 Å². The smallest absolute Gasteiger partial charge is 0.284 e. The Bertz CT molecular complexity index is 1050. The Morgan fingerprint density at radius 1 is 1.07 bits per heavy atom. The molecule has 2 aromatic carbocycles. The van der Waals surface area contributed by atoms with Gasteiger partial charge in [0.25, 0.3) is 15.9 Å². The van der Waals surface area contributed by atoms with E-state index in [2.05, 4.69) is 4.40 Å². The topological polar surface area (TPSA) is 85.3 Å². The first-order valence-electron chi connectivity index (χ1n) is 9.19. The number of amidine groups is 1. The van der Waals surface area contributed by atoms with Crippen molar-refractivity contribution in [3.8, 4) is 5.75 Å². The standard InChI is InChI=1S/C21H22N2O5S2/c1-27-14-6-13-23-20(24)19(15-16-9-11-17(28-2)12-10-16)29-21(23)22-30(25,26)18-7-4-3-5-8-18/h3-5,7-12,15H,6,13-14H2,1-2H3/b19-15-,22-21?. The second-order valence-electron chi connectivity index (χ2n) is 6.35. The van der Waals surface area contributed by atoms with Crippen molar-refractivity contribution in [2.75, 3.05) is 27.4 Å². The van der Waals surface area contributed by atoms with E-state index in [1.165, 1.54) is 17.0 Å². The van der Waals surface area contributed by atoms with Gasteiger partial charge in [0.15, 0.2) is 5.17 Å². The van der Waals surface area contributed by atoms with Crippen LogP contribution in [0.1, 0.15) is 12.0 Å². The van der Waals surface area contributed by atoms with Gasteiger partial charge in [-0.2, -0.15) is 8.42 Å². The predicted octanol–water partition coefficient (Wildman–Crippen LogP) is 3.39. The Morgan fingerprint density at radius 3 is 2.40 bits per heavy atom. The minimum absolute atomic E-state index is 0.0787. The van der Waals surface area contributed by atoms with Crippen LogP contribution in [0.4, 0.5) is 0 Å². The molecule has 0 spiro atoms. The third-order valence-electron chi connectivity index (χ3n) is 4.27. The number of rotatable bonds is 8. The SMILES string of the molecule is COCCCN1C(=O)/C(=C/c2ccc(OC)cc2)SC1=NS(=O)(=O)c1ccccc1. The van der Waals surface area contributed by atoms with Gasteiger partial charge in [0.05, 0.1) is 16.9 Å². The molecule has 1 amide bonds. The lowest BCUT2D eigenvalue weighted by molar-refractivity contribution is -0.122. The highest BCUT2D eigenvalue weighted by atomic mass is 32.2. The van der Waals surface area contributed by atoms with E-state index in [9.17, 15) is 13.2 Å². The molecule has 0 N–H and O–H groups in total.